The third kappa shape index (κ3) is 6.33. The molecule has 1 N–H and O–H groups in total. The summed E-state index contributed by atoms with van der Waals surface area (Å²) in [5.41, 5.74) is 2.17. The Labute approximate surface area is 214 Å². The van der Waals surface area contributed by atoms with Crippen molar-refractivity contribution in [2.45, 2.75) is 24.7 Å². The Bertz CT molecular complexity index is 1290. The number of anilines is 3. The van der Waals surface area contributed by atoms with Crippen molar-refractivity contribution in [2.24, 2.45) is 0 Å². The predicted molar refractivity (Wildman–Crippen MR) is 140 cm³/mol. The topological polar surface area (TPSA) is 96.0 Å². The van der Waals surface area contributed by atoms with Crippen molar-refractivity contribution < 1.29 is 22.7 Å². The van der Waals surface area contributed by atoms with Crippen LogP contribution >= 0.6 is 22.9 Å². The van der Waals surface area contributed by atoms with E-state index in [1.807, 2.05) is 12.1 Å². The molecule has 1 aliphatic rings. The molecule has 0 radical (unpaired) electrons. The number of aryl methyl sites for hydroxylation is 1. The van der Waals surface area contributed by atoms with E-state index >= 15 is 0 Å². The van der Waals surface area contributed by atoms with Crippen LogP contribution in [0.1, 0.15) is 17.7 Å². The number of nitrogens with zero attached hydrogens (tertiary/aromatic N) is 2. The number of halogens is 1. The molecule has 2 amide bonds. The average Bonchev–Trinajstić information content (AvgIpc) is 3.44. The smallest absolute Gasteiger partial charge is 0.265 e. The molecule has 0 spiro atoms. The molecule has 1 saturated heterocycles. The Morgan fingerprint density at radius 2 is 1.89 bits per heavy atom. The van der Waals surface area contributed by atoms with Crippen LogP contribution in [-0.2, 0) is 19.6 Å². The molecule has 1 aromatic heterocycles. The van der Waals surface area contributed by atoms with Crippen LogP contribution in [0.3, 0.4) is 0 Å². The third-order valence-corrected chi connectivity index (χ3v) is 8.60. The van der Waals surface area contributed by atoms with Gasteiger partial charge < -0.3 is 15.0 Å². The molecule has 8 nitrogen and oxygen atoms in total. The maximum atomic E-state index is 12.6. The average molecular weight is 536 g/mol. The van der Waals surface area contributed by atoms with E-state index in [0.29, 0.717) is 33.5 Å². The number of carbonyl (C=O) groups is 2. The lowest BCUT2D eigenvalue weighted by molar-refractivity contribution is -0.117. The van der Waals surface area contributed by atoms with Crippen molar-refractivity contribution in [1.82, 2.24) is 0 Å². The van der Waals surface area contributed by atoms with Gasteiger partial charge in [-0.15, -0.1) is 11.3 Å². The van der Waals surface area contributed by atoms with Gasteiger partial charge in [-0.1, -0.05) is 17.7 Å². The first-order chi connectivity index (χ1) is 16.7. The summed E-state index contributed by atoms with van der Waals surface area (Å²) < 4.78 is 32.0. The van der Waals surface area contributed by atoms with E-state index in [4.69, 9.17) is 16.3 Å². The molecule has 186 valence electrons. The zero-order valence-electron chi connectivity index (χ0n) is 19.5. The van der Waals surface area contributed by atoms with Crippen molar-refractivity contribution >= 4 is 62.3 Å². The van der Waals surface area contributed by atoms with E-state index < -0.39 is 10.0 Å². The van der Waals surface area contributed by atoms with Gasteiger partial charge >= 0.3 is 0 Å². The van der Waals surface area contributed by atoms with Crippen LogP contribution in [0.2, 0.25) is 4.34 Å². The highest BCUT2D eigenvalue weighted by Crippen LogP contribution is 2.33. The summed E-state index contributed by atoms with van der Waals surface area (Å²) >= 11 is 7.14. The highest BCUT2D eigenvalue weighted by molar-refractivity contribution is 7.93. The van der Waals surface area contributed by atoms with Crippen molar-refractivity contribution in [2.75, 3.05) is 35.2 Å². The molecule has 0 unspecified atom stereocenters. The van der Waals surface area contributed by atoms with E-state index in [9.17, 15) is 18.0 Å². The van der Waals surface area contributed by atoms with Gasteiger partial charge in [0.05, 0.1) is 17.1 Å². The Morgan fingerprint density at radius 3 is 2.43 bits per heavy atom. The van der Waals surface area contributed by atoms with E-state index in [0.717, 1.165) is 24.3 Å². The molecule has 1 aliphatic heterocycles. The molecule has 35 heavy (non-hydrogen) atoms. The van der Waals surface area contributed by atoms with Crippen LogP contribution in [0, 0.1) is 6.92 Å². The van der Waals surface area contributed by atoms with Gasteiger partial charge in [0.25, 0.3) is 10.0 Å². The van der Waals surface area contributed by atoms with Crippen LogP contribution in [0.15, 0.2) is 59.5 Å². The second-order valence-electron chi connectivity index (χ2n) is 7.60. The van der Waals surface area contributed by atoms with Crippen molar-refractivity contribution in [3.8, 4) is 5.75 Å². The van der Waals surface area contributed by atoms with Crippen molar-refractivity contribution in [3.05, 3.63) is 63.8 Å². The Hall–Kier alpha value is -3.08. The molecule has 0 atom stereocenters. The molecule has 0 saturated carbocycles. The van der Waals surface area contributed by atoms with Gasteiger partial charge in [-0.3, -0.25) is 13.9 Å². The van der Waals surface area contributed by atoms with Crippen LogP contribution < -0.4 is 19.3 Å². The summed E-state index contributed by atoms with van der Waals surface area (Å²) in [4.78, 5) is 24.3. The third-order valence-electron chi connectivity index (χ3n) is 5.38. The summed E-state index contributed by atoms with van der Waals surface area (Å²) in [6.07, 6.45) is 2.19. The number of hydrogen-bond acceptors (Lipinski definition) is 6. The van der Waals surface area contributed by atoms with E-state index in [1.54, 1.807) is 48.2 Å². The minimum atomic E-state index is -3.62. The van der Waals surface area contributed by atoms with Crippen LogP contribution in [0.5, 0.6) is 5.75 Å². The normalized spacial score (nSPS) is 13.1. The molecule has 3 aromatic rings. The van der Waals surface area contributed by atoms with Crippen LogP contribution in [-0.4, -0.2) is 41.4 Å². The van der Waals surface area contributed by atoms with Crippen molar-refractivity contribution in [3.63, 3.8) is 0 Å². The number of benzene rings is 2. The molecule has 11 heteroatoms. The Balaban J connectivity index is 0.000000203. The summed E-state index contributed by atoms with van der Waals surface area (Å²) in [6.45, 7) is 2.53. The molecular formula is C24H26ClN3O5S2. The SMILES string of the molecule is COc1cccc(N(C)S(=O)(=O)c2cc(Cl)sc2C)c1.O=CNc1ccc(N2CCCC2=O)cc1. The number of carbonyl (C=O) groups excluding carboxylic acids is 2. The number of methoxy groups -OCH3 is 1. The summed E-state index contributed by atoms with van der Waals surface area (Å²) in [5, 5.41) is 2.55. The number of hydrogen-bond donors (Lipinski definition) is 1. The highest BCUT2D eigenvalue weighted by Gasteiger charge is 2.25. The molecule has 4 rings (SSSR count). The number of nitrogens with one attached hydrogen (secondary N) is 1. The maximum Gasteiger partial charge on any atom is 0.265 e. The van der Waals surface area contributed by atoms with Gasteiger partial charge in [-0.2, -0.15) is 0 Å². The molecule has 2 aromatic carbocycles. The van der Waals surface area contributed by atoms with Gasteiger partial charge in [0.1, 0.15) is 10.6 Å². The zero-order chi connectivity index (χ0) is 25.6. The minimum Gasteiger partial charge on any atom is -0.497 e. The second kappa shape index (κ2) is 11.6. The van der Waals surface area contributed by atoms with E-state index in [1.165, 1.54) is 35.9 Å². The predicted octanol–water partition coefficient (Wildman–Crippen LogP) is 4.93. The summed E-state index contributed by atoms with van der Waals surface area (Å²) in [5.74, 6) is 0.774. The molecule has 0 aliphatic carbocycles. The highest BCUT2D eigenvalue weighted by atomic mass is 35.5. The minimum absolute atomic E-state index is 0.172. The first-order valence-electron chi connectivity index (χ1n) is 10.7. The summed E-state index contributed by atoms with van der Waals surface area (Å²) in [6, 6.07) is 15.6. The van der Waals surface area contributed by atoms with Crippen molar-refractivity contribution in [1.29, 1.82) is 0 Å². The lowest BCUT2D eigenvalue weighted by Crippen LogP contribution is -2.26. The Kier molecular flexibility index (Phi) is 8.76. The fraction of sp³-hybridized carbons (Fsp3) is 0.250. The maximum absolute atomic E-state index is 12.6. The quantitative estimate of drug-likeness (QED) is 0.433. The van der Waals surface area contributed by atoms with Gasteiger partial charge in [0.2, 0.25) is 12.3 Å². The first-order valence-corrected chi connectivity index (χ1v) is 13.3. The van der Waals surface area contributed by atoms with E-state index in [2.05, 4.69) is 5.32 Å². The van der Waals surface area contributed by atoms with Gasteiger partial charge in [0, 0.05) is 42.3 Å². The fourth-order valence-corrected chi connectivity index (χ4v) is 6.49. The van der Waals surface area contributed by atoms with Crippen LogP contribution in [0.4, 0.5) is 17.1 Å². The lowest BCUT2D eigenvalue weighted by atomic mass is 10.2. The van der Waals surface area contributed by atoms with Gasteiger partial charge in [-0.05, 0) is 55.8 Å². The lowest BCUT2D eigenvalue weighted by Gasteiger charge is -2.19. The fourth-order valence-electron chi connectivity index (χ4n) is 3.51. The monoisotopic (exact) mass is 535 g/mol. The second-order valence-corrected chi connectivity index (χ2v) is 11.4. The molecule has 0 bridgehead atoms. The van der Waals surface area contributed by atoms with Gasteiger partial charge in [-0.25, -0.2) is 8.42 Å². The van der Waals surface area contributed by atoms with Crippen LogP contribution in [0.25, 0.3) is 0 Å². The number of sulfonamides is 1. The Morgan fingerprint density at radius 1 is 1.17 bits per heavy atom. The first kappa shape index (κ1) is 26.5. The number of amides is 2. The standard InChI is InChI=1S/C13H14ClNO3S2.C11H12N2O2/c1-9-12(8-13(14)19-9)20(16,17)15(2)10-5-4-6-11(7-10)18-3;14-8-12-9-3-5-10(6-4-9)13-7-1-2-11(13)15/h4-8H,1-3H3;3-6,8H,1-2,7H2,(H,12,14). The molecule has 2 heterocycles. The van der Waals surface area contributed by atoms with E-state index in [-0.39, 0.29) is 10.8 Å². The number of rotatable bonds is 7. The number of thiophene rings is 1. The zero-order valence-corrected chi connectivity index (χ0v) is 21.9. The number of ether oxygens (including phenoxy) is 1. The summed E-state index contributed by atoms with van der Waals surface area (Å²) in [7, 11) is -0.576. The largest absolute Gasteiger partial charge is 0.497 e. The molecule has 1 fully saturated rings. The molecular weight excluding hydrogens is 510 g/mol. The van der Waals surface area contributed by atoms with Gasteiger partial charge in [0.15, 0.2) is 0 Å².